The minimum Gasteiger partial charge on any atom is -0.489 e. The quantitative estimate of drug-likeness (QED) is 0.0949. The lowest BCUT2D eigenvalue weighted by atomic mass is 10.1. The number of rotatable bonds is 12. The van der Waals surface area contributed by atoms with Crippen LogP contribution in [0.15, 0.2) is 90.0 Å². The zero-order valence-electron chi connectivity index (χ0n) is 23.0. The highest BCUT2D eigenvalue weighted by Gasteiger charge is 2.32. The van der Waals surface area contributed by atoms with Crippen molar-refractivity contribution in [1.29, 1.82) is 0 Å². The fourth-order valence-electron chi connectivity index (χ4n) is 4.62. The summed E-state index contributed by atoms with van der Waals surface area (Å²) in [4.78, 5) is 15.7. The number of para-hydroxylation sites is 1. The maximum absolute atomic E-state index is 13.3. The van der Waals surface area contributed by atoms with Crippen LogP contribution in [0.1, 0.15) is 50.2 Å². The van der Waals surface area contributed by atoms with Gasteiger partial charge in [0, 0.05) is 23.9 Å². The Bertz CT molecular complexity index is 1530. The van der Waals surface area contributed by atoms with Crippen molar-refractivity contribution in [2.45, 2.75) is 45.6 Å². The average Bonchev–Trinajstić information content (AvgIpc) is 3.53. The molecule has 210 valence electrons. The number of hydrogen-bond acceptors (Lipinski definition) is 5. The van der Waals surface area contributed by atoms with Crippen molar-refractivity contribution in [3.63, 3.8) is 0 Å². The molecule has 1 aromatic heterocycles. The SMILES string of the molecule is CCCCCCCN1C(=O)C(=Cc2cn(-c3ccccc3)nc2-c2cccc(OCc3ccc(F)cc3)c2)SC1=S. The summed E-state index contributed by atoms with van der Waals surface area (Å²) in [6.07, 6.45) is 9.45. The van der Waals surface area contributed by atoms with E-state index in [0.717, 1.165) is 40.9 Å². The Hall–Kier alpha value is -3.75. The third-order valence-electron chi connectivity index (χ3n) is 6.83. The van der Waals surface area contributed by atoms with Crippen molar-refractivity contribution in [3.05, 3.63) is 107 Å². The topological polar surface area (TPSA) is 47.4 Å². The van der Waals surface area contributed by atoms with Crippen LogP contribution >= 0.6 is 24.0 Å². The summed E-state index contributed by atoms with van der Waals surface area (Å²) in [6, 6.07) is 23.8. The van der Waals surface area contributed by atoms with E-state index in [0.29, 0.717) is 28.1 Å². The van der Waals surface area contributed by atoms with Crippen molar-refractivity contribution in [3.8, 4) is 22.7 Å². The number of nitrogens with zero attached hydrogens (tertiary/aromatic N) is 3. The normalized spacial score (nSPS) is 14.3. The molecule has 41 heavy (non-hydrogen) atoms. The number of thiocarbonyl (C=S) groups is 1. The van der Waals surface area contributed by atoms with Crippen LogP contribution < -0.4 is 4.74 Å². The van der Waals surface area contributed by atoms with Crippen LogP contribution in [0.4, 0.5) is 4.39 Å². The number of hydrogen-bond donors (Lipinski definition) is 0. The molecule has 8 heteroatoms. The predicted octanol–water partition coefficient (Wildman–Crippen LogP) is 8.43. The zero-order valence-corrected chi connectivity index (χ0v) is 24.6. The summed E-state index contributed by atoms with van der Waals surface area (Å²) in [6.45, 7) is 3.16. The van der Waals surface area contributed by atoms with Gasteiger partial charge in [-0.05, 0) is 54.5 Å². The molecule has 4 aromatic rings. The van der Waals surface area contributed by atoms with Gasteiger partial charge in [-0.2, -0.15) is 5.10 Å². The van der Waals surface area contributed by atoms with E-state index in [4.69, 9.17) is 22.1 Å². The molecule has 5 rings (SSSR count). The van der Waals surface area contributed by atoms with E-state index in [1.165, 1.54) is 43.2 Å². The fraction of sp³-hybridized carbons (Fsp3) is 0.242. The summed E-state index contributed by atoms with van der Waals surface area (Å²) in [5.41, 5.74) is 4.18. The standard InChI is InChI=1S/C33H32FN3O2S2/c1-2-3-4-5-9-19-36-32(38)30(41-33(36)40)21-26-22-37(28-12-7-6-8-13-28)35-31(26)25-11-10-14-29(20-25)39-23-24-15-17-27(34)18-16-24/h6-8,10-18,20-22H,2-5,9,19,23H2,1H3. The number of thioether (sulfide) groups is 1. The van der Waals surface area contributed by atoms with E-state index in [-0.39, 0.29) is 11.7 Å². The van der Waals surface area contributed by atoms with Crippen LogP contribution in [0, 0.1) is 5.82 Å². The Labute approximate surface area is 250 Å². The van der Waals surface area contributed by atoms with Gasteiger partial charge in [-0.25, -0.2) is 9.07 Å². The maximum Gasteiger partial charge on any atom is 0.266 e. The van der Waals surface area contributed by atoms with Gasteiger partial charge in [-0.1, -0.05) is 99.1 Å². The Balaban J connectivity index is 1.41. The highest BCUT2D eigenvalue weighted by molar-refractivity contribution is 8.26. The number of benzene rings is 3. The first-order valence-electron chi connectivity index (χ1n) is 13.9. The molecule has 0 saturated carbocycles. The molecule has 3 aromatic carbocycles. The predicted molar refractivity (Wildman–Crippen MR) is 168 cm³/mol. The lowest BCUT2D eigenvalue weighted by molar-refractivity contribution is -0.122. The summed E-state index contributed by atoms with van der Waals surface area (Å²) >= 11 is 6.93. The van der Waals surface area contributed by atoms with E-state index < -0.39 is 0 Å². The van der Waals surface area contributed by atoms with E-state index in [9.17, 15) is 9.18 Å². The number of carbonyl (C=O) groups excluding carboxylic acids is 1. The van der Waals surface area contributed by atoms with Crippen molar-refractivity contribution in [2.24, 2.45) is 0 Å². The molecule has 1 saturated heterocycles. The Kier molecular flexibility index (Phi) is 9.64. The van der Waals surface area contributed by atoms with Gasteiger partial charge in [-0.3, -0.25) is 9.69 Å². The van der Waals surface area contributed by atoms with Crippen molar-refractivity contribution in [2.75, 3.05) is 6.54 Å². The number of unbranched alkanes of at least 4 members (excludes halogenated alkanes) is 4. The molecule has 5 nitrogen and oxygen atoms in total. The van der Waals surface area contributed by atoms with Crippen LogP contribution in [-0.4, -0.2) is 31.5 Å². The molecule has 1 amide bonds. The van der Waals surface area contributed by atoms with Gasteiger partial charge in [0.25, 0.3) is 5.91 Å². The molecule has 1 fully saturated rings. The number of carbonyl (C=O) groups is 1. The van der Waals surface area contributed by atoms with Gasteiger partial charge < -0.3 is 4.74 Å². The Morgan fingerprint density at radius 2 is 1.76 bits per heavy atom. The van der Waals surface area contributed by atoms with E-state index >= 15 is 0 Å². The van der Waals surface area contributed by atoms with Crippen LogP contribution in [0.3, 0.4) is 0 Å². The van der Waals surface area contributed by atoms with Gasteiger partial charge in [0.05, 0.1) is 10.6 Å². The zero-order chi connectivity index (χ0) is 28.6. The molecular formula is C33H32FN3O2S2. The van der Waals surface area contributed by atoms with E-state index in [1.54, 1.807) is 17.0 Å². The number of aromatic nitrogens is 2. The molecule has 2 heterocycles. The summed E-state index contributed by atoms with van der Waals surface area (Å²) in [5, 5.41) is 4.91. The first-order chi connectivity index (χ1) is 20.0. The number of halogens is 1. The second kappa shape index (κ2) is 13.7. The first-order valence-corrected chi connectivity index (χ1v) is 15.1. The van der Waals surface area contributed by atoms with Crippen LogP contribution in [0.2, 0.25) is 0 Å². The molecule has 0 unspecified atom stereocenters. The molecule has 0 atom stereocenters. The lowest BCUT2D eigenvalue weighted by Crippen LogP contribution is -2.29. The van der Waals surface area contributed by atoms with E-state index in [2.05, 4.69) is 6.92 Å². The third-order valence-corrected chi connectivity index (χ3v) is 8.21. The van der Waals surface area contributed by atoms with Crippen LogP contribution in [0.5, 0.6) is 5.75 Å². The minimum absolute atomic E-state index is 0.0507. The van der Waals surface area contributed by atoms with Gasteiger partial charge in [0.15, 0.2) is 0 Å². The fourth-order valence-corrected chi connectivity index (χ4v) is 5.92. The Morgan fingerprint density at radius 3 is 2.54 bits per heavy atom. The molecule has 1 aliphatic heterocycles. The van der Waals surface area contributed by atoms with Gasteiger partial charge in [-0.15, -0.1) is 0 Å². The summed E-state index contributed by atoms with van der Waals surface area (Å²) in [7, 11) is 0. The molecule has 0 spiro atoms. The molecule has 0 N–H and O–H groups in total. The van der Waals surface area contributed by atoms with E-state index in [1.807, 2.05) is 71.6 Å². The largest absolute Gasteiger partial charge is 0.489 e. The van der Waals surface area contributed by atoms with Gasteiger partial charge >= 0.3 is 0 Å². The summed E-state index contributed by atoms with van der Waals surface area (Å²) < 4.78 is 21.7. The van der Waals surface area contributed by atoms with Crippen molar-refractivity contribution in [1.82, 2.24) is 14.7 Å². The third kappa shape index (κ3) is 7.31. The first kappa shape index (κ1) is 28.8. The smallest absolute Gasteiger partial charge is 0.266 e. The molecular weight excluding hydrogens is 554 g/mol. The highest BCUT2D eigenvalue weighted by atomic mass is 32.2. The van der Waals surface area contributed by atoms with Crippen molar-refractivity contribution < 1.29 is 13.9 Å². The second-order valence-electron chi connectivity index (χ2n) is 9.90. The lowest BCUT2D eigenvalue weighted by Gasteiger charge is -2.13. The second-order valence-corrected chi connectivity index (χ2v) is 11.6. The Morgan fingerprint density at radius 1 is 0.976 bits per heavy atom. The monoisotopic (exact) mass is 585 g/mol. The maximum atomic E-state index is 13.3. The van der Waals surface area contributed by atoms with Gasteiger partial charge in [0.1, 0.15) is 28.2 Å². The number of amides is 1. The van der Waals surface area contributed by atoms with Crippen LogP contribution in [0.25, 0.3) is 23.0 Å². The van der Waals surface area contributed by atoms with Crippen LogP contribution in [-0.2, 0) is 11.4 Å². The average molecular weight is 586 g/mol. The minimum atomic E-state index is -0.277. The summed E-state index contributed by atoms with van der Waals surface area (Å²) in [5.74, 6) is 0.341. The van der Waals surface area contributed by atoms with Crippen molar-refractivity contribution >= 4 is 40.3 Å². The molecule has 0 radical (unpaired) electrons. The van der Waals surface area contributed by atoms with Gasteiger partial charge in [0.2, 0.25) is 0 Å². The molecule has 1 aliphatic rings. The molecule has 0 bridgehead atoms. The highest BCUT2D eigenvalue weighted by Crippen LogP contribution is 2.35. The molecule has 0 aliphatic carbocycles. The number of ether oxygens (including phenoxy) is 1.